The van der Waals surface area contributed by atoms with Crippen LogP contribution < -0.4 is 5.56 Å². The van der Waals surface area contributed by atoms with Crippen LogP contribution in [0.1, 0.15) is 5.01 Å². The van der Waals surface area contributed by atoms with Crippen molar-refractivity contribution in [1.82, 2.24) is 9.97 Å². The predicted octanol–water partition coefficient (Wildman–Crippen LogP) is 3.47. The lowest BCUT2D eigenvalue weighted by atomic mass is 10.1. The number of hydrogen-bond acceptors (Lipinski definition) is 3. The number of hydrogen-bond donors (Lipinski definition) is 1. The van der Waals surface area contributed by atoms with Crippen molar-refractivity contribution in [1.29, 1.82) is 0 Å². The molecule has 2 aromatic heterocycles. The minimum Gasteiger partial charge on any atom is -0.329 e. The summed E-state index contributed by atoms with van der Waals surface area (Å²) in [6, 6.07) is 13.5. The van der Waals surface area contributed by atoms with Crippen LogP contribution in [0.25, 0.3) is 21.7 Å². The molecule has 0 unspecified atom stereocenters. The molecule has 2 heterocycles. The summed E-state index contributed by atoms with van der Waals surface area (Å²) in [7, 11) is 0. The van der Waals surface area contributed by atoms with Crippen LogP contribution in [0, 0.1) is 6.92 Å². The van der Waals surface area contributed by atoms with Gasteiger partial charge in [-0.15, -0.1) is 11.3 Å². The highest BCUT2D eigenvalue weighted by Gasteiger charge is 2.13. The maximum Gasteiger partial charge on any atom is 0.248 e. The average Bonchev–Trinajstić information content (AvgIpc) is 2.82. The van der Waals surface area contributed by atoms with Gasteiger partial charge in [-0.1, -0.05) is 30.3 Å². The standard InChI is InChI=1S/C15H12N2OS/c1-10-17-14(11-5-3-2-4-6-11)15(19-10)12-7-8-16-13(18)9-12/h2-9H,1H3,(H,16,18). The summed E-state index contributed by atoms with van der Waals surface area (Å²) in [5, 5.41) is 0.995. The van der Waals surface area contributed by atoms with E-state index in [4.69, 9.17) is 0 Å². The van der Waals surface area contributed by atoms with Crippen LogP contribution in [-0.2, 0) is 0 Å². The van der Waals surface area contributed by atoms with Gasteiger partial charge in [0.15, 0.2) is 0 Å². The first-order chi connectivity index (χ1) is 9.24. The first kappa shape index (κ1) is 11.9. The highest BCUT2D eigenvalue weighted by Crippen LogP contribution is 2.35. The fraction of sp³-hybridized carbons (Fsp3) is 0.0667. The molecule has 0 saturated heterocycles. The number of nitrogens with one attached hydrogen (secondary N) is 1. The number of aromatic amines is 1. The second-order valence-electron chi connectivity index (χ2n) is 4.22. The van der Waals surface area contributed by atoms with E-state index in [1.807, 2.05) is 43.3 Å². The lowest BCUT2D eigenvalue weighted by Crippen LogP contribution is -2.01. The van der Waals surface area contributed by atoms with Gasteiger partial charge in [0.1, 0.15) is 0 Å². The van der Waals surface area contributed by atoms with Crippen molar-refractivity contribution < 1.29 is 0 Å². The molecule has 4 heteroatoms. The average molecular weight is 268 g/mol. The molecule has 3 rings (SSSR count). The molecular weight excluding hydrogens is 256 g/mol. The van der Waals surface area contributed by atoms with E-state index in [1.54, 1.807) is 23.6 Å². The number of thiazole rings is 1. The zero-order chi connectivity index (χ0) is 13.2. The van der Waals surface area contributed by atoms with E-state index in [9.17, 15) is 4.79 Å². The van der Waals surface area contributed by atoms with E-state index in [0.29, 0.717) is 0 Å². The number of aromatic nitrogens is 2. The number of rotatable bonds is 2. The van der Waals surface area contributed by atoms with E-state index >= 15 is 0 Å². The van der Waals surface area contributed by atoms with Crippen molar-refractivity contribution in [2.45, 2.75) is 6.92 Å². The molecule has 19 heavy (non-hydrogen) atoms. The number of benzene rings is 1. The minimum atomic E-state index is -0.0948. The van der Waals surface area contributed by atoms with Gasteiger partial charge in [0.05, 0.1) is 15.6 Å². The molecule has 0 atom stereocenters. The Morgan fingerprint density at radius 1 is 1.11 bits per heavy atom. The molecule has 0 spiro atoms. The topological polar surface area (TPSA) is 45.8 Å². The molecule has 0 fully saturated rings. The summed E-state index contributed by atoms with van der Waals surface area (Å²) in [6.45, 7) is 1.98. The van der Waals surface area contributed by atoms with Gasteiger partial charge in [-0.2, -0.15) is 0 Å². The van der Waals surface area contributed by atoms with Crippen LogP contribution in [0.15, 0.2) is 53.5 Å². The van der Waals surface area contributed by atoms with Crippen LogP contribution in [-0.4, -0.2) is 9.97 Å². The fourth-order valence-electron chi connectivity index (χ4n) is 2.00. The summed E-state index contributed by atoms with van der Waals surface area (Å²) < 4.78 is 0. The number of aryl methyl sites for hydroxylation is 1. The van der Waals surface area contributed by atoms with Crippen molar-refractivity contribution in [2.75, 3.05) is 0 Å². The molecule has 0 radical (unpaired) electrons. The Balaban J connectivity index is 2.20. The van der Waals surface area contributed by atoms with Gasteiger partial charge >= 0.3 is 0 Å². The lowest BCUT2D eigenvalue weighted by Gasteiger charge is -2.02. The molecule has 0 saturated carbocycles. The van der Waals surface area contributed by atoms with Crippen molar-refractivity contribution in [3.05, 3.63) is 64.0 Å². The predicted molar refractivity (Wildman–Crippen MR) is 78.3 cm³/mol. The molecule has 1 N–H and O–H groups in total. The van der Waals surface area contributed by atoms with Crippen LogP contribution >= 0.6 is 11.3 Å². The second-order valence-corrected chi connectivity index (χ2v) is 5.42. The molecule has 0 aliphatic rings. The van der Waals surface area contributed by atoms with Gasteiger partial charge in [-0.25, -0.2) is 4.98 Å². The molecule has 0 aliphatic heterocycles. The SMILES string of the molecule is Cc1nc(-c2ccccc2)c(-c2cc[nH]c(=O)c2)s1. The molecule has 0 aliphatic carbocycles. The van der Waals surface area contributed by atoms with Crippen LogP contribution in [0.2, 0.25) is 0 Å². The quantitative estimate of drug-likeness (QED) is 0.773. The number of nitrogens with zero attached hydrogens (tertiary/aromatic N) is 1. The summed E-state index contributed by atoms with van der Waals surface area (Å²) in [5.41, 5.74) is 2.83. The van der Waals surface area contributed by atoms with E-state index in [2.05, 4.69) is 9.97 Å². The Labute approximate surface area is 114 Å². The van der Waals surface area contributed by atoms with E-state index in [-0.39, 0.29) is 5.56 Å². The van der Waals surface area contributed by atoms with Crippen LogP contribution in [0.3, 0.4) is 0 Å². The maximum absolute atomic E-state index is 11.4. The largest absolute Gasteiger partial charge is 0.329 e. The molecule has 3 aromatic rings. The van der Waals surface area contributed by atoms with Crippen molar-refractivity contribution in [2.24, 2.45) is 0 Å². The smallest absolute Gasteiger partial charge is 0.248 e. The molecule has 0 amide bonds. The maximum atomic E-state index is 11.4. The highest BCUT2D eigenvalue weighted by atomic mass is 32.1. The third kappa shape index (κ3) is 2.35. The summed E-state index contributed by atoms with van der Waals surface area (Å²) in [6.07, 6.45) is 1.67. The highest BCUT2D eigenvalue weighted by molar-refractivity contribution is 7.15. The molecule has 3 nitrogen and oxygen atoms in total. The first-order valence-electron chi connectivity index (χ1n) is 5.96. The van der Waals surface area contributed by atoms with E-state index in [1.165, 1.54) is 0 Å². The Morgan fingerprint density at radius 2 is 1.89 bits per heavy atom. The number of pyridine rings is 1. The van der Waals surface area contributed by atoms with Gasteiger partial charge in [0.25, 0.3) is 0 Å². The van der Waals surface area contributed by atoms with Crippen LogP contribution in [0.5, 0.6) is 0 Å². The normalized spacial score (nSPS) is 10.6. The Hall–Kier alpha value is -2.20. The summed E-state index contributed by atoms with van der Waals surface area (Å²) >= 11 is 1.61. The van der Waals surface area contributed by atoms with Gasteiger partial charge in [0.2, 0.25) is 5.56 Å². The van der Waals surface area contributed by atoms with Gasteiger partial charge < -0.3 is 4.98 Å². The second kappa shape index (κ2) is 4.82. The third-order valence-corrected chi connectivity index (χ3v) is 3.84. The monoisotopic (exact) mass is 268 g/mol. The van der Waals surface area contributed by atoms with Gasteiger partial charge in [0, 0.05) is 23.4 Å². The lowest BCUT2D eigenvalue weighted by molar-refractivity contribution is 1.24. The molecular formula is C15H12N2OS. The zero-order valence-corrected chi connectivity index (χ0v) is 11.2. The minimum absolute atomic E-state index is 0.0948. The Kier molecular flexibility index (Phi) is 3.01. The van der Waals surface area contributed by atoms with E-state index < -0.39 is 0 Å². The summed E-state index contributed by atoms with van der Waals surface area (Å²) in [4.78, 5) is 19.7. The first-order valence-corrected chi connectivity index (χ1v) is 6.77. The Morgan fingerprint density at radius 3 is 2.63 bits per heavy atom. The van der Waals surface area contributed by atoms with Gasteiger partial charge in [-0.3, -0.25) is 4.79 Å². The van der Waals surface area contributed by atoms with Crippen molar-refractivity contribution in [3.8, 4) is 21.7 Å². The van der Waals surface area contributed by atoms with Gasteiger partial charge in [-0.05, 0) is 13.0 Å². The Bertz CT molecular complexity index is 759. The third-order valence-electron chi connectivity index (χ3n) is 2.82. The molecule has 0 bridgehead atoms. The van der Waals surface area contributed by atoms with E-state index in [0.717, 1.165) is 26.7 Å². The van der Waals surface area contributed by atoms with Crippen LogP contribution in [0.4, 0.5) is 0 Å². The molecule has 94 valence electrons. The van der Waals surface area contributed by atoms with Crippen molar-refractivity contribution in [3.63, 3.8) is 0 Å². The zero-order valence-electron chi connectivity index (χ0n) is 10.4. The summed E-state index contributed by atoms with van der Waals surface area (Å²) in [5.74, 6) is 0. The number of H-pyrrole nitrogens is 1. The fourth-order valence-corrected chi connectivity index (χ4v) is 2.94. The van der Waals surface area contributed by atoms with Crippen molar-refractivity contribution >= 4 is 11.3 Å². The molecule has 1 aromatic carbocycles.